The molecule has 2 aromatic carbocycles. The summed E-state index contributed by atoms with van der Waals surface area (Å²) in [6.45, 7) is 0.560. The van der Waals surface area contributed by atoms with Crippen LogP contribution in [0.1, 0.15) is 11.1 Å². The Morgan fingerprint density at radius 3 is 2.58 bits per heavy atom. The molecule has 0 bridgehead atoms. The Morgan fingerprint density at radius 1 is 1.04 bits per heavy atom. The molecule has 6 nitrogen and oxygen atoms in total. The third kappa shape index (κ3) is 2.58. The first-order chi connectivity index (χ1) is 11.8. The number of aromatic nitrogens is 3. The molecule has 1 aliphatic rings. The molecule has 0 spiro atoms. The number of methoxy groups -OCH3 is 1. The van der Waals surface area contributed by atoms with Crippen LogP contribution in [0.2, 0.25) is 0 Å². The normalized spacial score (nSPS) is 14.5. The van der Waals surface area contributed by atoms with Gasteiger partial charge in [0.15, 0.2) is 5.84 Å². The van der Waals surface area contributed by atoms with E-state index in [1.165, 1.54) is 6.33 Å². The van der Waals surface area contributed by atoms with Gasteiger partial charge in [0, 0.05) is 5.56 Å². The predicted octanol–water partition coefficient (Wildman–Crippen LogP) is 2.87. The van der Waals surface area contributed by atoms with Crippen molar-refractivity contribution < 1.29 is 4.74 Å². The lowest BCUT2D eigenvalue weighted by Crippen LogP contribution is -2.20. The zero-order chi connectivity index (χ0) is 16.4. The molecule has 1 aromatic heterocycles. The number of hydrogen-bond donors (Lipinski definition) is 0. The van der Waals surface area contributed by atoms with Crippen LogP contribution in [-0.2, 0) is 6.54 Å². The molecule has 1 aliphatic heterocycles. The molecule has 0 atom stereocenters. The van der Waals surface area contributed by atoms with Gasteiger partial charge in [-0.25, -0.2) is 4.99 Å². The lowest BCUT2D eigenvalue weighted by Gasteiger charge is -2.06. The molecule has 0 unspecified atom stereocenters. The maximum Gasteiger partial charge on any atom is 0.254 e. The molecule has 2 heterocycles. The quantitative estimate of drug-likeness (QED) is 0.743. The summed E-state index contributed by atoms with van der Waals surface area (Å²) in [5, 5.41) is 4.24. The zero-order valence-electron chi connectivity index (χ0n) is 13.1. The van der Waals surface area contributed by atoms with Gasteiger partial charge in [-0.3, -0.25) is 4.99 Å². The van der Waals surface area contributed by atoms with Crippen LogP contribution in [-0.4, -0.2) is 33.4 Å². The Kier molecular flexibility index (Phi) is 3.63. The van der Waals surface area contributed by atoms with E-state index in [0.29, 0.717) is 18.3 Å². The Balaban J connectivity index is 1.70. The molecule has 0 aliphatic carbocycles. The maximum atomic E-state index is 5.21. The third-order valence-corrected chi connectivity index (χ3v) is 3.77. The minimum Gasteiger partial charge on any atom is -0.497 e. The zero-order valence-corrected chi connectivity index (χ0v) is 13.1. The minimum atomic E-state index is 0.549. The highest BCUT2D eigenvalue weighted by atomic mass is 16.5. The van der Waals surface area contributed by atoms with Crippen LogP contribution in [0.4, 0.5) is 5.95 Å². The van der Waals surface area contributed by atoms with Crippen LogP contribution in [0.15, 0.2) is 70.9 Å². The fourth-order valence-electron chi connectivity index (χ4n) is 2.55. The van der Waals surface area contributed by atoms with E-state index in [0.717, 1.165) is 22.6 Å². The second-order valence-electron chi connectivity index (χ2n) is 5.29. The number of nitrogens with zero attached hydrogens (tertiary/aromatic N) is 5. The molecule has 0 radical (unpaired) electrons. The summed E-state index contributed by atoms with van der Waals surface area (Å²) in [5.74, 6) is 2.06. The maximum absolute atomic E-state index is 5.21. The summed E-state index contributed by atoms with van der Waals surface area (Å²) in [6, 6.07) is 17.8. The van der Waals surface area contributed by atoms with E-state index in [9.17, 15) is 0 Å². The number of ether oxygens (including phenoxy) is 1. The van der Waals surface area contributed by atoms with Crippen molar-refractivity contribution in [2.75, 3.05) is 7.11 Å². The Morgan fingerprint density at radius 2 is 1.83 bits per heavy atom. The highest BCUT2D eigenvalue weighted by molar-refractivity contribution is 6.50. The second kappa shape index (κ2) is 6.08. The lowest BCUT2D eigenvalue weighted by molar-refractivity contribution is 0.415. The molecule has 24 heavy (non-hydrogen) atoms. The van der Waals surface area contributed by atoms with Crippen LogP contribution in [0.3, 0.4) is 0 Å². The van der Waals surface area contributed by atoms with Gasteiger partial charge in [-0.2, -0.15) is 14.8 Å². The molecule has 0 amide bonds. The first kappa shape index (κ1) is 14.3. The minimum absolute atomic E-state index is 0.549. The van der Waals surface area contributed by atoms with Crippen molar-refractivity contribution in [3.8, 4) is 5.75 Å². The molecule has 0 saturated heterocycles. The first-order valence-electron chi connectivity index (χ1n) is 7.57. The fourth-order valence-corrected chi connectivity index (χ4v) is 2.55. The van der Waals surface area contributed by atoms with Gasteiger partial charge in [-0.15, -0.1) is 0 Å². The Labute approximate surface area is 139 Å². The van der Waals surface area contributed by atoms with Crippen molar-refractivity contribution in [2.24, 2.45) is 9.98 Å². The van der Waals surface area contributed by atoms with E-state index in [1.54, 1.807) is 11.8 Å². The number of aliphatic imine (C=N–C) groups is 2. The van der Waals surface area contributed by atoms with Gasteiger partial charge in [-0.1, -0.05) is 30.3 Å². The summed E-state index contributed by atoms with van der Waals surface area (Å²) in [7, 11) is 1.65. The van der Waals surface area contributed by atoms with Gasteiger partial charge in [0.05, 0.1) is 13.7 Å². The largest absolute Gasteiger partial charge is 0.497 e. The van der Waals surface area contributed by atoms with Crippen LogP contribution in [0.25, 0.3) is 0 Å². The van der Waals surface area contributed by atoms with E-state index in [2.05, 4.69) is 15.1 Å². The summed E-state index contributed by atoms with van der Waals surface area (Å²) in [5.41, 5.74) is 2.85. The van der Waals surface area contributed by atoms with Gasteiger partial charge in [-0.05, 0) is 29.8 Å². The van der Waals surface area contributed by atoms with Crippen LogP contribution in [0.5, 0.6) is 5.75 Å². The SMILES string of the molecule is COc1ccc(C2=Nc3ncnn3C2=NCc2ccccc2)cc1. The average Bonchev–Trinajstić information content (AvgIpc) is 3.22. The van der Waals surface area contributed by atoms with Crippen LogP contribution >= 0.6 is 0 Å². The van der Waals surface area contributed by atoms with Gasteiger partial charge in [0.2, 0.25) is 0 Å². The van der Waals surface area contributed by atoms with Crippen LogP contribution in [0, 0.1) is 0 Å². The number of hydrogen-bond acceptors (Lipinski definition) is 5. The standard InChI is InChI=1S/C18H15N5O/c1-24-15-9-7-14(8-10-15)16-17(23-18(22-16)20-12-21-23)19-11-13-5-3-2-4-6-13/h2-10,12H,11H2,1H3. The first-order valence-corrected chi connectivity index (χ1v) is 7.57. The van der Waals surface area contributed by atoms with E-state index in [4.69, 9.17) is 9.73 Å². The van der Waals surface area contributed by atoms with Gasteiger partial charge in [0.25, 0.3) is 5.95 Å². The van der Waals surface area contributed by atoms with Crippen molar-refractivity contribution >= 4 is 17.5 Å². The molecule has 3 aromatic rings. The van der Waals surface area contributed by atoms with E-state index >= 15 is 0 Å². The molecular formula is C18H15N5O. The van der Waals surface area contributed by atoms with E-state index < -0.39 is 0 Å². The topological polar surface area (TPSA) is 64.7 Å². The van der Waals surface area contributed by atoms with Crippen molar-refractivity contribution in [1.82, 2.24) is 14.8 Å². The highest BCUT2D eigenvalue weighted by Crippen LogP contribution is 2.21. The summed E-state index contributed by atoms with van der Waals surface area (Å²) < 4.78 is 6.88. The lowest BCUT2D eigenvalue weighted by atomic mass is 10.1. The second-order valence-corrected chi connectivity index (χ2v) is 5.29. The Hall–Kier alpha value is -3.28. The summed E-state index contributed by atoms with van der Waals surface area (Å²) in [6.07, 6.45) is 1.49. The molecule has 0 saturated carbocycles. The Bertz CT molecular complexity index is 910. The van der Waals surface area contributed by atoms with Crippen molar-refractivity contribution in [1.29, 1.82) is 0 Å². The molecule has 6 heteroatoms. The highest BCUT2D eigenvalue weighted by Gasteiger charge is 2.25. The molecule has 0 N–H and O–H groups in total. The smallest absolute Gasteiger partial charge is 0.254 e. The van der Waals surface area contributed by atoms with Crippen LogP contribution < -0.4 is 4.74 Å². The monoisotopic (exact) mass is 317 g/mol. The molecule has 0 fully saturated rings. The van der Waals surface area contributed by atoms with Gasteiger partial charge < -0.3 is 4.74 Å². The predicted molar refractivity (Wildman–Crippen MR) is 92.2 cm³/mol. The molecule has 4 rings (SSSR count). The van der Waals surface area contributed by atoms with E-state index in [-0.39, 0.29) is 0 Å². The van der Waals surface area contributed by atoms with Gasteiger partial charge in [0.1, 0.15) is 17.8 Å². The van der Waals surface area contributed by atoms with Crippen molar-refractivity contribution in [3.63, 3.8) is 0 Å². The number of rotatable bonds is 4. The number of fused-ring (bicyclic) bond motifs is 1. The summed E-state index contributed by atoms with van der Waals surface area (Å²) >= 11 is 0. The number of benzene rings is 2. The summed E-state index contributed by atoms with van der Waals surface area (Å²) in [4.78, 5) is 13.5. The van der Waals surface area contributed by atoms with Gasteiger partial charge >= 0.3 is 0 Å². The van der Waals surface area contributed by atoms with Crippen molar-refractivity contribution in [2.45, 2.75) is 6.54 Å². The molecule has 118 valence electrons. The average molecular weight is 317 g/mol. The van der Waals surface area contributed by atoms with E-state index in [1.807, 2.05) is 54.6 Å². The third-order valence-electron chi connectivity index (χ3n) is 3.77. The fraction of sp³-hybridized carbons (Fsp3) is 0.111. The van der Waals surface area contributed by atoms with Crippen molar-refractivity contribution in [3.05, 3.63) is 72.1 Å². The molecular weight excluding hydrogens is 302 g/mol.